The topological polar surface area (TPSA) is 84.8 Å². The molecule has 1 N–H and O–H groups in total. The van der Waals surface area contributed by atoms with Crippen LogP contribution in [0.4, 0.5) is 13.2 Å². The highest BCUT2D eigenvalue weighted by molar-refractivity contribution is 5.87. The fourth-order valence-electron chi connectivity index (χ4n) is 5.15. The maximum absolute atomic E-state index is 12.8. The van der Waals surface area contributed by atoms with Crippen molar-refractivity contribution in [2.45, 2.75) is 31.0 Å². The van der Waals surface area contributed by atoms with E-state index >= 15 is 0 Å². The van der Waals surface area contributed by atoms with Crippen LogP contribution in [0, 0.1) is 0 Å². The van der Waals surface area contributed by atoms with Crippen molar-refractivity contribution in [3.05, 3.63) is 78.2 Å². The van der Waals surface area contributed by atoms with Crippen LogP contribution in [0.1, 0.15) is 30.2 Å². The highest BCUT2D eigenvalue weighted by Crippen LogP contribution is 2.35. The standard InChI is InChI=1S/C29H26F3N3O4/c30-29(31,32)28-34-33-27(39-28)26-15-23-24(6-3-7-25(23)38-26)37-17-22(36)16-35-12-10-19(11-13-35)21-9-8-18-4-1-2-5-20(18)14-21/h1-9,14-15,19,22,36H,10-13,16-17H2/t22-/m0/s1. The van der Waals surface area contributed by atoms with E-state index in [1.165, 1.54) is 22.4 Å². The molecule has 0 unspecified atom stereocenters. The van der Waals surface area contributed by atoms with Crippen molar-refractivity contribution in [1.82, 2.24) is 15.1 Å². The molecule has 2 aromatic heterocycles. The van der Waals surface area contributed by atoms with Crippen molar-refractivity contribution in [2.24, 2.45) is 0 Å². The number of benzene rings is 3. The van der Waals surface area contributed by atoms with E-state index in [0.717, 1.165) is 25.9 Å². The number of hydrogen-bond donors (Lipinski definition) is 1. The van der Waals surface area contributed by atoms with E-state index in [2.05, 4.69) is 57.6 Å². The minimum Gasteiger partial charge on any atom is -0.490 e. The van der Waals surface area contributed by atoms with Crippen LogP contribution in [-0.4, -0.2) is 52.5 Å². The molecule has 0 bridgehead atoms. The summed E-state index contributed by atoms with van der Waals surface area (Å²) in [5.41, 5.74) is 1.75. The van der Waals surface area contributed by atoms with Crippen LogP contribution in [0.5, 0.6) is 5.75 Å². The Morgan fingerprint density at radius 3 is 2.51 bits per heavy atom. The highest BCUT2D eigenvalue weighted by atomic mass is 19.4. The number of β-amino-alcohol motifs (C(OH)–C–C–N with tert-alkyl or cyclic N) is 1. The third-order valence-corrected chi connectivity index (χ3v) is 7.13. The van der Waals surface area contributed by atoms with Crippen molar-refractivity contribution >= 4 is 21.7 Å². The van der Waals surface area contributed by atoms with Crippen molar-refractivity contribution < 1.29 is 31.8 Å². The molecular weight excluding hydrogens is 511 g/mol. The number of rotatable bonds is 7. The number of halogens is 3. The Labute approximate surface area is 221 Å². The second-order valence-corrected chi connectivity index (χ2v) is 9.84. The van der Waals surface area contributed by atoms with Crippen LogP contribution in [0.25, 0.3) is 33.4 Å². The summed E-state index contributed by atoms with van der Waals surface area (Å²) in [4.78, 5) is 2.25. The lowest BCUT2D eigenvalue weighted by Crippen LogP contribution is -2.40. The monoisotopic (exact) mass is 537 g/mol. The lowest BCUT2D eigenvalue weighted by atomic mass is 9.88. The Morgan fingerprint density at radius 1 is 0.949 bits per heavy atom. The van der Waals surface area contributed by atoms with Gasteiger partial charge in [-0.25, -0.2) is 0 Å². The number of aromatic nitrogens is 2. The zero-order chi connectivity index (χ0) is 27.0. The summed E-state index contributed by atoms with van der Waals surface area (Å²) in [6.45, 7) is 2.32. The number of ether oxygens (including phenoxy) is 1. The first-order valence-electron chi connectivity index (χ1n) is 12.8. The fraction of sp³-hybridized carbons (Fsp3) is 0.310. The van der Waals surface area contributed by atoms with Gasteiger partial charge in [0, 0.05) is 12.6 Å². The van der Waals surface area contributed by atoms with E-state index in [9.17, 15) is 18.3 Å². The molecule has 1 saturated heterocycles. The molecule has 1 atom stereocenters. The SMILES string of the molecule is O[C@H](COc1cccc2oc(-c3nnc(C(F)(F)F)o3)cc12)CN1CCC(c2ccc3ccccc3c2)CC1. The Hall–Kier alpha value is -3.89. The second kappa shape index (κ2) is 10.3. The number of nitrogens with zero attached hydrogens (tertiary/aromatic N) is 3. The summed E-state index contributed by atoms with van der Waals surface area (Å²) < 4.78 is 54.6. The van der Waals surface area contributed by atoms with Gasteiger partial charge in [0.25, 0.3) is 5.89 Å². The predicted octanol–water partition coefficient (Wildman–Crippen LogP) is 6.27. The van der Waals surface area contributed by atoms with Gasteiger partial charge in [-0.15, -0.1) is 10.2 Å². The van der Waals surface area contributed by atoms with Crippen LogP contribution in [0.15, 0.2) is 75.6 Å². The maximum atomic E-state index is 12.8. The number of piperidine rings is 1. The van der Waals surface area contributed by atoms with E-state index < -0.39 is 18.2 Å². The molecule has 0 radical (unpaired) electrons. The van der Waals surface area contributed by atoms with Gasteiger partial charge in [-0.05, 0) is 60.3 Å². The summed E-state index contributed by atoms with van der Waals surface area (Å²) in [6.07, 6.45) is -3.41. The van der Waals surface area contributed by atoms with Gasteiger partial charge in [-0.1, -0.05) is 48.5 Å². The van der Waals surface area contributed by atoms with E-state index in [1.54, 1.807) is 18.2 Å². The number of likely N-dealkylation sites (tertiary alicyclic amines) is 1. The molecule has 0 spiro atoms. The lowest BCUT2D eigenvalue weighted by Gasteiger charge is -2.33. The van der Waals surface area contributed by atoms with Crippen LogP contribution >= 0.6 is 0 Å². The van der Waals surface area contributed by atoms with Gasteiger partial charge < -0.3 is 23.6 Å². The van der Waals surface area contributed by atoms with Gasteiger partial charge >= 0.3 is 12.1 Å². The largest absolute Gasteiger partial charge is 0.490 e. The molecular formula is C29H26F3N3O4. The normalized spacial score (nSPS) is 16.2. The third-order valence-electron chi connectivity index (χ3n) is 7.13. The van der Waals surface area contributed by atoms with E-state index in [-0.39, 0.29) is 18.3 Å². The lowest BCUT2D eigenvalue weighted by molar-refractivity contribution is -0.157. The Morgan fingerprint density at radius 2 is 1.74 bits per heavy atom. The molecule has 0 aliphatic carbocycles. The predicted molar refractivity (Wildman–Crippen MR) is 138 cm³/mol. The number of hydrogen-bond acceptors (Lipinski definition) is 7. The molecule has 6 rings (SSSR count). The van der Waals surface area contributed by atoms with Crippen LogP contribution in [-0.2, 0) is 6.18 Å². The van der Waals surface area contributed by atoms with E-state index in [4.69, 9.17) is 13.6 Å². The van der Waals surface area contributed by atoms with Gasteiger partial charge in [-0.3, -0.25) is 0 Å². The summed E-state index contributed by atoms with van der Waals surface area (Å²) >= 11 is 0. The van der Waals surface area contributed by atoms with Crippen molar-refractivity contribution in [1.29, 1.82) is 0 Å². The molecule has 1 fully saturated rings. The Balaban J connectivity index is 1.04. The molecule has 39 heavy (non-hydrogen) atoms. The van der Waals surface area contributed by atoms with E-state index in [0.29, 0.717) is 29.2 Å². The van der Waals surface area contributed by atoms with Gasteiger partial charge in [-0.2, -0.15) is 13.2 Å². The molecule has 10 heteroatoms. The van der Waals surface area contributed by atoms with Crippen molar-refractivity contribution in [3.8, 4) is 17.4 Å². The molecule has 0 saturated carbocycles. The van der Waals surface area contributed by atoms with E-state index in [1.807, 2.05) is 0 Å². The molecule has 3 aromatic carbocycles. The quantitative estimate of drug-likeness (QED) is 0.262. The minimum atomic E-state index is -4.74. The third kappa shape index (κ3) is 5.48. The maximum Gasteiger partial charge on any atom is 0.470 e. The van der Waals surface area contributed by atoms with Gasteiger partial charge in [0.15, 0.2) is 5.76 Å². The molecule has 0 amide bonds. The van der Waals surface area contributed by atoms with Crippen LogP contribution < -0.4 is 4.74 Å². The molecule has 1 aliphatic rings. The Kier molecular flexibility index (Phi) is 6.74. The average Bonchev–Trinajstić information content (AvgIpc) is 3.60. The summed E-state index contributed by atoms with van der Waals surface area (Å²) in [5.74, 6) is -0.889. The summed E-state index contributed by atoms with van der Waals surface area (Å²) in [5, 5.41) is 20.2. The van der Waals surface area contributed by atoms with Crippen molar-refractivity contribution in [2.75, 3.05) is 26.2 Å². The molecule has 5 aromatic rings. The highest BCUT2D eigenvalue weighted by Gasteiger charge is 2.38. The number of alkyl halides is 3. The molecule has 1 aliphatic heterocycles. The zero-order valence-electron chi connectivity index (χ0n) is 20.9. The zero-order valence-corrected chi connectivity index (χ0v) is 20.9. The van der Waals surface area contributed by atoms with Gasteiger partial charge in [0.1, 0.15) is 24.0 Å². The average molecular weight is 538 g/mol. The Bertz CT molecular complexity index is 1590. The van der Waals surface area contributed by atoms with Crippen LogP contribution in [0.2, 0.25) is 0 Å². The number of furan rings is 1. The molecule has 202 valence electrons. The number of aliphatic hydroxyl groups is 1. The smallest absolute Gasteiger partial charge is 0.470 e. The fourth-order valence-corrected chi connectivity index (χ4v) is 5.15. The summed E-state index contributed by atoms with van der Waals surface area (Å²) in [7, 11) is 0. The second-order valence-electron chi connectivity index (χ2n) is 9.84. The first kappa shape index (κ1) is 25.4. The number of aliphatic hydroxyl groups excluding tert-OH is 1. The first-order chi connectivity index (χ1) is 18.8. The van der Waals surface area contributed by atoms with Gasteiger partial charge in [0.05, 0.1) is 5.39 Å². The minimum absolute atomic E-state index is 0.00103. The summed E-state index contributed by atoms with van der Waals surface area (Å²) in [6, 6.07) is 21.6. The first-order valence-corrected chi connectivity index (χ1v) is 12.8. The molecule has 7 nitrogen and oxygen atoms in total. The number of fused-ring (bicyclic) bond motifs is 2. The molecule has 3 heterocycles. The van der Waals surface area contributed by atoms with Crippen molar-refractivity contribution in [3.63, 3.8) is 0 Å². The van der Waals surface area contributed by atoms with Crippen LogP contribution in [0.3, 0.4) is 0 Å². The van der Waals surface area contributed by atoms with Gasteiger partial charge in [0.2, 0.25) is 0 Å².